The third kappa shape index (κ3) is 5.35. The lowest BCUT2D eigenvalue weighted by atomic mass is 10.2. The van der Waals surface area contributed by atoms with Gasteiger partial charge in [-0.3, -0.25) is 0 Å². The summed E-state index contributed by atoms with van der Waals surface area (Å²) in [7, 11) is 0. The van der Waals surface area contributed by atoms with Crippen LogP contribution in [0.4, 0.5) is 0 Å². The monoisotopic (exact) mass is 317 g/mol. The van der Waals surface area contributed by atoms with E-state index in [1.807, 2.05) is 18.2 Å². The molecule has 1 unspecified atom stereocenters. The van der Waals surface area contributed by atoms with Crippen LogP contribution in [0.25, 0.3) is 0 Å². The molecular weight excluding hydrogens is 298 g/mol. The molecule has 18 heavy (non-hydrogen) atoms. The lowest BCUT2D eigenvalue weighted by molar-refractivity contribution is 0.0536. The van der Waals surface area contributed by atoms with Crippen molar-refractivity contribution >= 4 is 15.9 Å². The second-order valence-corrected chi connectivity index (χ2v) is 5.29. The summed E-state index contributed by atoms with van der Waals surface area (Å²) in [6.07, 6.45) is -0.842. The maximum Gasteiger partial charge on any atom is 0.119 e. The Kier molecular flexibility index (Phi) is 6.63. The number of aliphatic hydroxyl groups excluding tert-OH is 2. The molecule has 0 saturated carbocycles. The van der Waals surface area contributed by atoms with E-state index >= 15 is 0 Å². The first-order valence-corrected chi connectivity index (χ1v) is 6.75. The zero-order valence-electron chi connectivity index (χ0n) is 10.7. The van der Waals surface area contributed by atoms with Gasteiger partial charge in [-0.15, -0.1) is 0 Å². The highest BCUT2D eigenvalue weighted by Crippen LogP contribution is 2.22. The summed E-state index contributed by atoms with van der Waals surface area (Å²) in [6, 6.07) is 6.08. The van der Waals surface area contributed by atoms with Crippen LogP contribution in [0, 0.1) is 0 Å². The Bertz CT molecular complexity index is 371. The molecule has 0 amide bonds. The summed E-state index contributed by atoms with van der Waals surface area (Å²) in [5, 5.41) is 21.3. The minimum Gasteiger partial charge on any atom is -0.491 e. The minimum absolute atomic E-state index is 0.0924. The van der Waals surface area contributed by atoms with Crippen LogP contribution in [0.15, 0.2) is 22.7 Å². The largest absolute Gasteiger partial charge is 0.491 e. The van der Waals surface area contributed by atoms with Crippen LogP contribution >= 0.6 is 15.9 Å². The molecule has 4 nitrogen and oxygen atoms in total. The van der Waals surface area contributed by atoms with E-state index in [9.17, 15) is 5.11 Å². The lowest BCUT2D eigenvalue weighted by Gasteiger charge is -2.13. The van der Waals surface area contributed by atoms with Gasteiger partial charge in [0.1, 0.15) is 18.5 Å². The van der Waals surface area contributed by atoms with Crippen LogP contribution in [-0.4, -0.2) is 35.6 Å². The SMILES string of the molecule is CC(C)NCc1cc(OCC(O)CO)ccc1Br. The number of ether oxygens (including phenoxy) is 1. The quantitative estimate of drug-likeness (QED) is 0.716. The number of halogens is 1. The van der Waals surface area contributed by atoms with E-state index in [2.05, 4.69) is 35.1 Å². The van der Waals surface area contributed by atoms with E-state index in [1.165, 1.54) is 0 Å². The van der Waals surface area contributed by atoms with Crippen LogP contribution < -0.4 is 10.1 Å². The number of rotatable bonds is 7. The van der Waals surface area contributed by atoms with Crippen molar-refractivity contribution in [2.45, 2.75) is 32.5 Å². The van der Waals surface area contributed by atoms with Gasteiger partial charge in [0, 0.05) is 17.1 Å². The number of aliphatic hydroxyl groups is 2. The van der Waals surface area contributed by atoms with Crippen molar-refractivity contribution in [3.05, 3.63) is 28.2 Å². The highest BCUT2D eigenvalue weighted by Gasteiger charge is 2.06. The fraction of sp³-hybridized carbons (Fsp3) is 0.538. The summed E-state index contributed by atoms with van der Waals surface area (Å²) in [5.41, 5.74) is 1.10. The van der Waals surface area contributed by atoms with Crippen molar-refractivity contribution in [1.82, 2.24) is 5.32 Å². The van der Waals surface area contributed by atoms with Gasteiger partial charge in [0.15, 0.2) is 0 Å². The van der Waals surface area contributed by atoms with E-state index in [0.29, 0.717) is 11.8 Å². The number of nitrogens with one attached hydrogen (secondary N) is 1. The van der Waals surface area contributed by atoms with Crippen molar-refractivity contribution in [2.24, 2.45) is 0 Å². The molecule has 0 aromatic heterocycles. The Morgan fingerprint density at radius 2 is 2.11 bits per heavy atom. The first-order chi connectivity index (χ1) is 8.52. The van der Waals surface area contributed by atoms with Crippen molar-refractivity contribution in [3.8, 4) is 5.75 Å². The summed E-state index contributed by atoms with van der Waals surface area (Å²) in [4.78, 5) is 0. The Morgan fingerprint density at radius 1 is 1.39 bits per heavy atom. The predicted molar refractivity (Wildman–Crippen MR) is 74.7 cm³/mol. The molecule has 1 atom stereocenters. The van der Waals surface area contributed by atoms with Gasteiger partial charge < -0.3 is 20.3 Å². The molecule has 0 radical (unpaired) electrons. The predicted octanol–water partition coefficient (Wildman–Crippen LogP) is 1.68. The Labute approximate surface area is 116 Å². The van der Waals surface area contributed by atoms with Crippen molar-refractivity contribution in [3.63, 3.8) is 0 Å². The summed E-state index contributed by atoms with van der Waals surface area (Å²) in [6.45, 7) is 4.73. The molecule has 0 spiro atoms. The van der Waals surface area contributed by atoms with Crippen molar-refractivity contribution in [2.75, 3.05) is 13.2 Å². The minimum atomic E-state index is -0.842. The fourth-order valence-corrected chi connectivity index (χ4v) is 1.72. The Balaban J connectivity index is 2.62. The first-order valence-electron chi connectivity index (χ1n) is 5.96. The molecule has 3 N–H and O–H groups in total. The smallest absolute Gasteiger partial charge is 0.119 e. The maximum atomic E-state index is 9.22. The normalized spacial score (nSPS) is 12.8. The van der Waals surface area contributed by atoms with Gasteiger partial charge in [0.05, 0.1) is 6.61 Å². The number of benzene rings is 1. The zero-order chi connectivity index (χ0) is 13.5. The molecule has 0 fully saturated rings. The Morgan fingerprint density at radius 3 is 2.72 bits per heavy atom. The van der Waals surface area contributed by atoms with Gasteiger partial charge in [-0.2, -0.15) is 0 Å². The fourth-order valence-electron chi connectivity index (χ4n) is 1.34. The topological polar surface area (TPSA) is 61.7 Å². The molecule has 0 bridgehead atoms. The van der Waals surface area contributed by atoms with E-state index in [4.69, 9.17) is 9.84 Å². The van der Waals surface area contributed by atoms with Crippen LogP contribution in [0.5, 0.6) is 5.75 Å². The van der Waals surface area contributed by atoms with Gasteiger partial charge in [-0.05, 0) is 23.8 Å². The van der Waals surface area contributed by atoms with Crippen LogP contribution in [-0.2, 0) is 6.54 Å². The van der Waals surface area contributed by atoms with Crippen LogP contribution in [0.3, 0.4) is 0 Å². The Hall–Kier alpha value is -0.620. The summed E-state index contributed by atoms with van der Waals surface area (Å²) in [5.74, 6) is 0.686. The molecule has 1 rings (SSSR count). The van der Waals surface area contributed by atoms with Gasteiger partial charge in [0.25, 0.3) is 0 Å². The van der Waals surface area contributed by atoms with E-state index in [1.54, 1.807) is 0 Å². The van der Waals surface area contributed by atoms with E-state index in [-0.39, 0.29) is 13.2 Å². The van der Waals surface area contributed by atoms with Gasteiger partial charge in [-0.1, -0.05) is 29.8 Å². The molecule has 0 saturated heterocycles. The molecule has 1 aromatic rings. The van der Waals surface area contributed by atoms with Gasteiger partial charge in [0.2, 0.25) is 0 Å². The second kappa shape index (κ2) is 7.74. The second-order valence-electron chi connectivity index (χ2n) is 4.44. The van der Waals surface area contributed by atoms with Gasteiger partial charge in [-0.25, -0.2) is 0 Å². The van der Waals surface area contributed by atoms with Crippen molar-refractivity contribution in [1.29, 1.82) is 0 Å². The van der Waals surface area contributed by atoms with Crippen molar-refractivity contribution < 1.29 is 14.9 Å². The molecular formula is C13H20BrNO3. The molecule has 1 aromatic carbocycles. The maximum absolute atomic E-state index is 9.22. The molecule has 5 heteroatoms. The van der Waals surface area contributed by atoms with Crippen LogP contribution in [0.1, 0.15) is 19.4 Å². The van der Waals surface area contributed by atoms with E-state index < -0.39 is 6.10 Å². The average molecular weight is 318 g/mol. The lowest BCUT2D eigenvalue weighted by Crippen LogP contribution is -2.22. The highest BCUT2D eigenvalue weighted by atomic mass is 79.9. The number of hydrogen-bond donors (Lipinski definition) is 3. The van der Waals surface area contributed by atoms with E-state index in [0.717, 1.165) is 16.6 Å². The average Bonchev–Trinajstić information content (AvgIpc) is 2.35. The molecule has 0 aliphatic carbocycles. The zero-order valence-corrected chi connectivity index (χ0v) is 12.3. The van der Waals surface area contributed by atoms with Gasteiger partial charge >= 0.3 is 0 Å². The number of hydrogen-bond acceptors (Lipinski definition) is 4. The molecule has 0 aliphatic heterocycles. The molecule has 0 aliphatic rings. The summed E-state index contributed by atoms with van der Waals surface area (Å²) >= 11 is 3.49. The summed E-state index contributed by atoms with van der Waals surface area (Å²) < 4.78 is 6.42. The standard InChI is InChI=1S/C13H20BrNO3/c1-9(2)15-6-10-5-12(3-4-13(10)14)18-8-11(17)7-16/h3-5,9,11,15-17H,6-8H2,1-2H3. The third-order valence-corrected chi connectivity index (χ3v) is 3.14. The molecule has 0 heterocycles. The molecule has 102 valence electrons. The first kappa shape index (κ1) is 15.4. The van der Waals surface area contributed by atoms with Crippen LogP contribution in [0.2, 0.25) is 0 Å². The third-order valence-electron chi connectivity index (χ3n) is 2.37. The highest BCUT2D eigenvalue weighted by molar-refractivity contribution is 9.10.